The Morgan fingerprint density at radius 1 is 0.852 bits per heavy atom. The molecule has 2 aliphatic carbocycles. The molecule has 2 aromatic carbocycles. The summed E-state index contributed by atoms with van der Waals surface area (Å²) in [5.74, 6) is 0. The third kappa shape index (κ3) is 3.50. The van der Waals surface area contributed by atoms with Gasteiger partial charge in [0, 0.05) is 5.41 Å². The molecular formula is C22H23NO3S. The molecule has 0 bridgehead atoms. The van der Waals surface area contributed by atoms with Gasteiger partial charge in [0.05, 0.1) is 11.5 Å². The van der Waals surface area contributed by atoms with Gasteiger partial charge in [-0.05, 0) is 52.8 Å². The Morgan fingerprint density at radius 3 is 1.78 bits per heavy atom. The van der Waals surface area contributed by atoms with Crippen molar-refractivity contribution in [2.24, 2.45) is 10.6 Å². The van der Waals surface area contributed by atoms with Crippen molar-refractivity contribution in [3.8, 4) is 0 Å². The first-order valence-electron chi connectivity index (χ1n) is 9.20. The molecule has 5 heteroatoms. The highest BCUT2D eigenvalue weighted by Crippen LogP contribution is 2.51. The van der Waals surface area contributed by atoms with Gasteiger partial charge in [0.15, 0.2) is 0 Å². The van der Waals surface area contributed by atoms with Crippen LogP contribution in [0, 0.1) is 5.41 Å². The Hall–Kier alpha value is -2.21. The summed E-state index contributed by atoms with van der Waals surface area (Å²) in [5.41, 5.74) is 5.38. The van der Waals surface area contributed by atoms with E-state index in [1.807, 2.05) is 36.4 Å². The minimum Gasteiger partial charge on any atom is -0.392 e. The Labute approximate surface area is 160 Å². The average Bonchev–Trinajstić information content (AvgIpc) is 3.28. The molecular weight excluding hydrogens is 358 g/mol. The molecule has 0 atom stereocenters. The summed E-state index contributed by atoms with van der Waals surface area (Å²) >= 11 is 0. The predicted octanol–water partition coefficient (Wildman–Crippen LogP) is 3.87. The fourth-order valence-electron chi connectivity index (χ4n) is 4.19. The van der Waals surface area contributed by atoms with E-state index in [4.69, 9.17) is 5.14 Å². The molecule has 3 N–H and O–H groups in total. The van der Waals surface area contributed by atoms with Crippen molar-refractivity contribution in [1.29, 1.82) is 0 Å². The Morgan fingerprint density at radius 2 is 1.33 bits per heavy atom. The normalized spacial score (nSPS) is 18.6. The van der Waals surface area contributed by atoms with E-state index in [2.05, 4.69) is 12.2 Å². The molecule has 0 amide bonds. The zero-order valence-electron chi connectivity index (χ0n) is 15.1. The molecule has 0 heterocycles. The number of primary sulfonamides is 1. The van der Waals surface area contributed by atoms with E-state index >= 15 is 0 Å². The van der Waals surface area contributed by atoms with Crippen molar-refractivity contribution in [1.82, 2.24) is 0 Å². The number of allylic oxidation sites excluding steroid dienone is 4. The van der Waals surface area contributed by atoms with Crippen LogP contribution in [0.1, 0.15) is 42.4 Å². The lowest BCUT2D eigenvalue weighted by molar-refractivity contribution is 0.282. The second kappa shape index (κ2) is 6.75. The molecule has 1 spiro atoms. The van der Waals surface area contributed by atoms with Crippen LogP contribution in [0.3, 0.4) is 0 Å². The third-order valence-electron chi connectivity index (χ3n) is 5.63. The van der Waals surface area contributed by atoms with Gasteiger partial charge in [0.25, 0.3) is 0 Å². The summed E-state index contributed by atoms with van der Waals surface area (Å²) in [6.07, 6.45) is 9.45. The van der Waals surface area contributed by atoms with Crippen LogP contribution in [0.15, 0.2) is 65.6 Å². The quantitative estimate of drug-likeness (QED) is 0.844. The molecule has 0 unspecified atom stereocenters. The summed E-state index contributed by atoms with van der Waals surface area (Å²) in [6.45, 7) is 0.0288. The lowest BCUT2D eigenvalue weighted by Gasteiger charge is -2.16. The minimum absolute atomic E-state index is 0.0288. The van der Waals surface area contributed by atoms with E-state index in [9.17, 15) is 13.5 Å². The highest BCUT2D eigenvalue weighted by atomic mass is 32.2. The third-order valence-corrected chi connectivity index (χ3v) is 6.56. The molecule has 2 aliphatic rings. The van der Waals surface area contributed by atoms with Gasteiger partial charge >= 0.3 is 0 Å². The Kier molecular flexibility index (Phi) is 4.54. The Bertz CT molecular complexity index is 1010. The molecule has 2 aromatic rings. The standard InChI is InChI=1S/C22H23NO3S/c23-27(25,26)19-9-7-18(8-10-19)21-14-22(11-1-2-12-22)13-20(21)17-5-3-16(15-24)4-6-17/h3-10,13-14,24H,1-2,11-12,15H2,(H2,23,25,26). The molecule has 0 aliphatic heterocycles. The molecule has 4 nitrogen and oxygen atoms in total. The molecule has 4 rings (SSSR count). The van der Waals surface area contributed by atoms with Gasteiger partial charge in [0.2, 0.25) is 10.0 Å². The highest BCUT2D eigenvalue weighted by Gasteiger charge is 2.35. The number of rotatable bonds is 4. The van der Waals surface area contributed by atoms with Crippen LogP contribution in [0.5, 0.6) is 0 Å². The second-order valence-corrected chi connectivity index (χ2v) is 9.04. The van der Waals surface area contributed by atoms with Crippen molar-refractivity contribution in [2.75, 3.05) is 0 Å². The lowest BCUT2D eigenvalue weighted by Crippen LogP contribution is -2.11. The highest BCUT2D eigenvalue weighted by molar-refractivity contribution is 7.89. The van der Waals surface area contributed by atoms with E-state index in [1.54, 1.807) is 12.1 Å². The fourth-order valence-corrected chi connectivity index (χ4v) is 4.70. The smallest absolute Gasteiger partial charge is 0.238 e. The average molecular weight is 381 g/mol. The zero-order chi connectivity index (χ0) is 19.1. The number of benzene rings is 2. The van der Waals surface area contributed by atoms with Crippen LogP contribution in [0.25, 0.3) is 11.1 Å². The summed E-state index contributed by atoms with van der Waals surface area (Å²) in [6, 6.07) is 14.8. The van der Waals surface area contributed by atoms with E-state index in [0.717, 1.165) is 35.1 Å². The summed E-state index contributed by atoms with van der Waals surface area (Å²) in [5, 5.41) is 14.5. The molecule has 1 fully saturated rings. The van der Waals surface area contributed by atoms with E-state index in [0.29, 0.717) is 0 Å². The number of hydrogen-bond acceptors (Lipinski definition) is 3. The van der Waals surface area contributed by atoms with Crippen LogP contribution in [-0.4, -0.2) is 13.5 Å². The summed E-state index contributed by atoms with van der Waals surface area (Å²) in [7, 11) is -3.70. The second-order valence-electron chi connectivity index (χ2n) is 7.48. The molecule has 0 aromatic heterocycles. The first-order valence-corrected chi connectivity index (χ1v) is 10.7. The van der Waals surface area contributed by atoms with Crippen LogP contribution in [-0.2, 0) is 16.6 Å². The first kappa shape index (κ1) is 18.2. The van der Waals surface area contributed by atoms with Crippen LogP contribution < -0.4 is 5.14 Å². The summed E-state index contributed by atoms with van der Waals surface area (Å²) < 4.78 is 23.1. The van der Waals surface area contributed by atoms with Gasteiger partial charge in [-0.15, -0.1) is 0 Å². The molecule has 1 saturated carbocycles. The maximum atomic E-state index is 11.5. The number of nitrogens with two attached hydrogens (primary N) is 1. The van der Waals surface area contributed by atoms with E-state index in [-0.39, 0.29) is 16.9 Å². The van der Waals surface area contributed by atoms with Crippen molar-refractivity contribution >= 4 is 21.2 Å². The topological polar surface area (TPSA) is 80.4 Å². The number of aliphatic hydroxyl groups excluding tert-OH is 1. The molecule has 140 valence electrons. The van der Waals surface area contributed by atoms with Gasteiger partial charge < -0.3 is 5.11 Å². The van der Waals surface area contributed by atoms with Crippen LogP contribution in [0.2, 0.25) is 0 Å². The molecule has 0 saturated heterocycles. The largest absolute Gasteiger partial charge is 0.392 e. The lowest BCUT2D eigenvalue weighted by atomic mass is 9.88. The number of hydrogen-bond donors (Lipinski definition) is 2. The SMILES string of the molecule is NS(=O)(=O)c1ccc(C2=CC3(C=C2c2ccc(CO)cc2)CCCC3)cc1. The Balaban J connectivity index is 1.77. The van der Waals surface area contributed by atoms with E-state index in [1.165, 1.54) is 18.4 Å². The van der Waals surface area contributed by atoms with Crippen molar-refractivity contribution in [3.05, 3.63) is 77.4 Å². The van der Waals surface area contributed by atoms with Crippen molar-refractivity contribution in [2.45, 2.75) is 37.2 Å². The van der Waals surface area contributed by atoms with Crippen LogP contribution >= 0.6 is 0 Å². The molecule has 0 radical (unpaired) electrons. The zero-order valence-corrected chi connectivity index (χ0v) is 15.9. The van der Waals surface area contributed by atoms with Crippen LogP contribution in [0.4, 0.5) is 0 Å². The van der Waals surface area contributed by atoms with Gasteiger partial charge in [-0.1, -0.05) is 61.4 Å². The predicted molar refractivity (Wildman–Crippen MR) is 107 cm³/mol. The van der Waals surface area contributed by atoms with Gasteiger partial charge in [0.1, 0.15) is 0 Å². The maximum absolute atomic E-state index is 11.5. The minimum atomic E-state index is -3.70. The number of sulfonamides is 1. The van der Waals surface area contributed by atoms with Crippen molar-refractivity contribution < 1.29 is 13.5 Å². The number of aliphatic hydroxyl groups is 1. The molecule has 27 heavy (non-hydrogen) atoms. The van der Waals surface area contributed by atoms with Gasteiger partial charge in [-0.3, -0.25) is 0 Å². The van der Waals surface area contributed by atoms with Gasteiger partial charge in [-0.25, -0.2) is 13.6 Å². The maximum Gasteiger partial charge on any atom is 0.238 e. The first-order chi connectivity index (χ1) is 12.9. The van der Waals surface area contributed by atoms with Gasteiger partial charge in [-0.2, -0.15) is 0 Å². The monoisotopic (exact) mass is 381 g/mol. The fraction of sp³-hybridized carbons (Fsp3) is 0.273. The van der Waals surface area contributed by atoms with E-state index < -0.39 is 10.0 Å². The van der Waals surface area contributed by atoms with Crippen molar-refractivity contribution in [3.63, 3.8) is 0 Å². The summed E-state index contributed by atoms with van der Waals surface area (Å²) in [4.78, 5) is 0.123.